The molecule has 1 fully saturated rings. The van der Waals surface area contributed by atoms with Crippen LogP contribution in [0.1, 0.15) is 37.3 Å². The van der Waals surface area contributed by atoms with Gasteiger partial charge in [0.2, 0.25) is 0 Å². The second-order valence-electron chi connectivity index (χ2n) is 8.11. The number of amides is 1. The second-order valence-corrected chi connectivity index (χ2v) is 9.87. The van der Waals surface area contributed by atoms with Crippen LogP contribution in [0.5, 0.6) is 0 Å². The summed E-state index contributed by atoms with van der Waals surface area (Å²) >= 11 is 0. The molecule has 0 aliphatic carbocycles. The average Bonchev–Trinajstić information content (AvgIpc) is 2.73. The molecule has 1 atom stereocenters. The van der Waals surface area contributed by atoms with E-state index in [0.29, 0.717) is 30.5 Å². The fourth-order valence-corrected chi connectivity index (χ4v) is 5.08. The molecule has 4 rings (SSSR count). The number of benzene rings is 1. The van der Waals surface area contributed by atoms with Crippen LogP contribution in [0.3, 0.4) is 0 Å². The first-order chi connectivity index (χ1) is 14.4. The van der Waals surface area contributed by atoms with Crippen molar-refractivity contribution in [2.45, 2.75) is 45.3 Å². The summed E-state index contributed by atoms with van der Waals surface area (Å²) in [4.78, 5) is 16.9. The quantitative estimate of drug-likeness (QED) is 0.777. The first-order valence-corrected chi connectivity index (χ1v) is 12.1. The molecule has 1 N–H and O–H groups in total. The fraction of sp³-hybridized carbons (Fsp3) is 0.455. The highest BCUT2D eigenvalue weighted by atomic mass is 32.2. The predicted molar refractivity (Wildman–Crippen MR) is 117 cm³/mol. The van der Waals surface area contributed by atoms with Crippen molar-refractivity contribution < 1.29 is 13.2 Å². The van der Waals surface area contributed by atoms with E-state index in [4.69, 9.17) is 0 Å². The Morgan fingerprint density at radius 2 is 1.97 bits per heavy atom. The van der Waals surface area contributed by atoms with Gasteiger partial charge in [-0.25, -0.2) is 8.42 Å². The summed E-state index contributed by atoms with van der Waals surface area (Å²) in [7, 11) is -3.40. The summed E-state index contributed by atoms with van der Waals surface area (Å²) in [5, 5.41) is 3.01. The molecule has 3 heterocycles. The second kappa shape index (κ2) is 8.73. The van der Waals surface area contributed by atoms with Crippen LogP contribution < -0.4 is 5.32 Å². The van der Waals surface area contributed by atoms with Gasteiger partial charge >= 0.3 is 0 Å². The molecule has 30 heavy (non-hydrogen) atoms. The first-order valence-electron chi connectivity index (χ1n) is 10.5. The number of amidine groups is 1. The average molecular weight is 429 g/mol. The van der Waals surface area contributed by atoms with Gasteiger partial charge in [0.1, 0.15) is 5.84 Å². The lowest BCUT2D eigenvalue weighted by Crippen LogP contribution is -2.38. The number of nitrogens with zero attached hydrogens (tertiary/aromatic N) is 3. The van der Waals surface area contributed by atoms with Crippen LogP contribution >= 0.6 is 0 Å². The van der Waals surface area contributed by atoms with E-state index in [-0.39, 0.29) is 11.7 Å². The van der Waals surface area contributed by atoms with Gasteiger partial charge in [-0.2, -0.15) is 0 Å². The van der Waals surface area contributed by atoms with E-state index in [9.17, 15) is 13.2 Å². The molecule has 0 saturated carbocycles. The van der Waals surface area contributed by atoms with Crippen molar-refractivity contribution >= 4 is 21.8 Å². The molecule has 1 saturated heterocycles. The highest BCUT2D eigenvalue weighted by Crippen LogP contribution is 2.21. The molecule has 7 nitrogen and oxygen atoms in total. The Kier molecular flexibility index (Phi) is 6.06. The monoisotopic (exact) mass is 428 g/mol. The first kappa shape index (κ1) is 20.8. The predicted octanol–water partition coefficient (Wildman–Crippen LogP) is 2.17. The number of sulfonamides is 1. The molecule has 160 valence electrons. The number of carbonyl (C=O) groups is 1. The number of likely N-dealkylation sites (tertiary alicyclic amines) is 1. The standard InChI is InChI=1S/C22H28N4O3S/c1-17-6-4-5-11-25(17)15-19-8-3-2-7-18(19)14-23-22(27)20-9-10-21-24-30(28,29)13-12-26(21)16-20/h2-3,7-10,16-17H,4-6,11-15H2,1H3,(H,23,27). The Morgan fingerprint density at radius 3 is 2.77 bits per heavy atom. The van der Waals surface area contributed by atoms with E-state index < -0.39 is 10.0 Å². The number of carbonyl (C=O) groups excluding carboxylic acids is 1. The fourth-order valence-electron chi connectivity index (χ4n) is 4.11. The highest BCUT2D eigenvalue weighted by molar-refractivity contribution is 7.90. The summed E-state index contributed by atoms with van der Waals surface area (Å²) < 4.78 is 27.0. The van der Waals surface area contributed by atoms with Crippen molar-refractivity contribution in [2.75, 3.05) is 18.8 Å². The summed E-state index contributed by atoms with van der Waals surface area (Å²) in [5.41, 5.74) is 2.86. The van der Waals surface area contributed by atoms with Crippen LogP contribution in [0.2, 0.25) is 0 Å². The molecule has 1 aromatic rings. The van der Waals surface area contributed by atoms with E-state index in [0.717, 1.165) is 18.7 Å². The molecule has 8 heteroatoms. The topological polar surface area (TPSA) is 82.1 Å². The lowest BCUT2D eigenvalue weighted by atomic mass is 10.0. The molecule has 0 radical (unpaired) electrons. The molecule has 1 unspecified atom stereocenters. The molecular formula is C22H28N4O3S. The van der Waals surface area contributed by atoms with E-state index in [1.165, 1.54) is 24.8 Å². The van der Waals surface area contributed by atoms with Gasteiger partial charge in [0.25, 0.3) is 15.9 Å². The van der Waals surface area contributed by atoms with Crippen molar-refractivity contribution in [1.29, 1.82) is 0 Å². The highest BCUT2D eigenvalue weighted by Gasteiger charge is 2.25. The van der Waals surface area contributed by atoms with Gasteiger partial charge < -0.3 is 10.2 Å². The van der Waals surface area contributed by atoms with Crippen molar-refractivity contribution in [1.82, 2.24) is 15.1 Å². The maximum atomic E-state index is 12.7. The zero-order chi connectivity index (χ0) is 21.1. The van der Waals surface area contributed by atoms with E-state index in [1.807, 2.05) is 12.1 Å². The molecular weight excluding hydrogens is 400 g/mol. The molecule has 0 aromatic heterocycles. The molecule has 0 spiro atoms. The summed E-state index contributed by atoms with van der Waals surface area (Å²) in [6.45, 7) is 5.07. The van der Waals surface area contributed by atoms with Gasteiger partial charge in [-0.3, -0.25) is 9.69 Å². The van der Waals surface area contributed by atoms with Gasteiger partial charge in [-0.05, 0) is 49.6 Å². The van der Waals surface area contributed by atoms with Gasteiger partial charge in [0, 0.05) is 31.9 Å². The number of rotatable bonds is 5. The van der Waals surface area contributed by atoms with E-state index in [2.05, 4.69) is 33.7 Å². The third-order valence-electron chi connectivity index (χ3n) is 5.96. The summed E-state index contributed by atoms with van der Waals surface area (Å²) in [6.07, 6.45) is 8.65. The number of hydrogen-bond acceptors (Lipinski definition) is 5. The third kappa shape index (κ3) is 4.82. The Morgan fingerprint density at radius 1 is 1.17 bits per heavy atom. The maximum absolute atomic E-state index is 12.7. The minimum Gasteiger partial charge on any atom is -0.348 e. The Hall–Kier alpha value is -2.45. The lowest BCUT2D eigenvalue weighted by Gasteiger charge is -2.33. The normalized spacial score (nSPS) is 23.4. The van der Waals surface area contributed by atoms with Gasteiger partial charge in [0.05, 0.1) is 11.3 Å². The molecule has 1 amide bonds. The Labute approximate surface area is 178 Å². The number of fused-ring (bicyclic) bond motifs is 1. The van der Waals surface area contributed by atoms with Crippen LogP contribution in [0, 0.1) is 0 Å². The third-order valence-corrected chi connectivity index (χ3v) is 7.12. The van der Waals surface area contributed by atoms with Crippen LogP contribution in [0.4, 0.5) is 0 Å². The van der Waals surface area contributed by atoms with Gasteiger partial charge in [-0.1, -0.05) is 30.7 Å². The number of piperidine rings is 1. The molecule has 3 aliphatic heterocycles. The zero-order valence-corrected chi connectivity index (χ0v) is 18.1. The van der Waals surface area contributed by atoms with Crippen LogP contribution in [-0.4, -0.2) is 54.8 Å². The minimum absolute atomic E-state index is 0.0436. The molecule has 1 aromatic carbocycles. The van der Waals surface area contributed by atoms with Crippen molar-refractivity contribution in [3.05, 3.63) is 59.3 Å². The van der Waals surface area contributed by atoms with Crippen LogP contribution in [0.15, 0.2) is 52.6 Å². The van der Waals surface area contributed by atoms with Crippen LogP contribution in [-0.2, 0) is 27.9 Å². The van der Waals surface area contributed by atoms with Gasteiger partial charge in [-0.15, -0.1) is 4.40 Å². The molecule has 0 bridgehead atoms. The minimum atomic E-state index is -3.40. The Balaban J connectivity index is 1.40. The SMILES string of the molecule is CC1CCCCN1Cc1ccccc1CNC(=O)C1=CN2CCS(=O)(=O)N=C2C=C1. The molecule has 3 aliphatic rings. The van der Waals surface area contributed by atoms with E-state index in [1.54, 1.807) is 23.3 Å². The number of hydrogen-bond donors (Lipinski definition) is 1. The largest absolute Gasteiger partial charge is 0.348 e. The van der Waals surface area contributed by atoms with Crippen molar-refractivity contribution in [3.8, 4) is 0 Å². The summed E-state index contributed by atoms with van der Waals surface area (Å²) in [6, 6.07) is 8.84. The smallest absolute Gasteiger partial charge is 0.256 e. The van der Waals surface area contributed by atoms with Crippen molar-refractivity contribution in [2.24, 2.45) is 4.40 Å². The van der Waals surface area contributed by atoms with Crippen molar-refractivity contribution in [3.63, 3.8) is 0 Å². The van der Waals surface area contributed by atoms with E-state index >= 15 is 0 Å². The Bertz CT molecular complexity index is 1010. The van der Waals surface area contributed by atoms with Gasteiger partial charge in [0.15, 0.2) is 0 Å². The lowest BCUT2D eigenvalue weighted by molar-refractivity contribution is -0.117. The summed E-state index contributed by atoms with van der Waals surface area (Å²) in [5.74, 6) is 0.136. The zero-order valence-electron chi connectivity index (χ0n) is 17.3. The van der Waals surface area contributed by atoms with Crippen LogP contribution in [0.25, 0.3) is 0 Å². The number of nitrogens with one attached hydrogen (secondary N) is 1. The maximum Gasteiger partial charge on any atom is 0.256 e.